The van der Waals surface area contributed by atoms with Crippen LogP contribution in [0.1, 0.15) is 41.6 Å². The van der Waals surface area contributed by atoms with Crippen LogP contribution in [0.3, 0.4) is 0 Å². The Balaban J connectivity index is 1.78. The maximum Gasteiger partial charge on any atom is 0.295 e. The van der Waals surface area contributed by atoms with E-state index in [-0.39, 0.29) is 27.7 Å². The third-order valence-corrected chi connectivity index (χ3v) is 6.66. The van der Waals surface area contributed by atoms with Crippen LogP contribution in [0.2, 0.25) is 10.0 Å². The summed E-state index contributed by atoms with van der Waals surface area (Å²) in [6.45, 7) is 4.61. The lowest BCUT2D eigenvalue weighted by Crippen LogP contribution is -2.29. The molecule has 9 heteroatoms. The molecule has 1 atom stereocenters. The molecule has 0 saturated carbocycles. The second-order valence-electron chi connectivity index (χ2n) is 8.28. The van der Waals surface area contributed by atoms with Crippen molar-refractivity contribution in [2.75, 3.05) is 25.2 Å². The molecule has 3 aromatic carbocycles. The van der Waals surface area contributed by atoms with Crippen molar-refractivity contribution in [1.29, 1.82) is 0 Å². The molecule has 1 aliphatic rings. The Bertz CT molecular complexity index is 1580. The summed E-state index contributed by atoms with van der Waals surface area (Å²) in [5.74, 6) is 1.02. The van der Waals surface area contributed by atoms with Crippen LogP contribution < -0.4 is 24.5 Å². The van der Waals surface area contributed by atoms with Crippen molar-refractivity contribution in [3.8, 4) is 17.2 Å². The first-order valence-corrected chi connectivity index (χ1v) is 12.5. The molecule has 1 unspecified atom stereocenters. The van der Waals surface area contributed by atoms with E-state index in [2.05, 4.69) is 0 Å². The molecule has 0 saturated heterocycles. The number of carbonyl (C=O) groups excluding carboxylic acids is 1. The number of hydrogen-bond donors (Lipinski definition) is 0. The molecule has 7 nitrogen and oxygen atoms in total. The zero-order chi connectivity index (χ0) is 26.3. The van der Waals surface area contributed by atoms with E-state index >= 15 is 0 Å². The van der Waals surface area contributed by atoms with Gasteiger partial charge in [-0.25, -0.2) is 0 Å². The minimum Gasteiger partial charge on any atom is -0.495 e. The van der Waals surface area contributed by atoms with Crippen molar-refractivity contribution in [1.82, 2.24) is 0 Å². The highest BCUT2D eigenvalue weighted by Crippen LogP contribution is 2.44. The third-order valence-electron chi connectivity index (χ3n) is 6.13. The van der Waals surface area contributed by atoms with Crippen LogP contribution in [0.5, 0.6) is 17.2 Å². The molecular formula is C28H23Cl2NO6. The van der Waals surface area contributed by atoms with E-state index in [1.165, 1.54) is 12.0 Å². The Morgan fingerprint density at radius 1 is 0.892 bits per heavy atom. The van der Waals surface area contributed by atoms with Gasteiger partial charge in [0.1, 0.15) is 11.3 Å². The number of nitrogens with zero attached hydrogens (tertiary/aromatic N) is 1. The number of hydrogen-bond acceptors (Lipinski definition) is 6. The van der Waals surface area contributed by atoms with Crippen molar-refractivity contribution in [2.45, 2.75) is 19.9 Å². The van der Waals surface area contributed by atoms with Gasteiger partial charge in [0.25, 0.3) is 5.91 Å². The fourth-order valence-corrected chi connectivity index (χ4v) is 4.99. The van der Waals surface area contributed by atoms with Gasteiger partial charge in [-0.15, -0.1) is 0 Å². The third kappa shape index (κ3) is 4.28. The molecular weight excluding hydrogens is 517 g/mol. The van der Waals surface area contributed by atoms with E-state index in [0.717, 1.165) is 0 Å². The van der Waals surface area contributed by atoms with E-state index in [9.17, 15) is 9.59 Å². The highest BCUT2D eigenvalue weighted by Gasteiger charge is 2.44. The van der Waals surface area contributed by atoms with Gasteiger partial charge in [-0.05, 0) is 67.9 Å². The largest absolute Gasteiger partial charge is 0.495 e. The van der Waals surface area contributed by atoms with Crippen molar-refractivity contribution in [3.63, 3.8) is 0 Å². The summed E-state index contributed by atoms with van der Waals surface area (Å²) < 4.78 is 22.8. The second-order valence-corrected chi connectivity index (χ2v) is 9.13. The van der Waals surface area contributed by atoms with Crippen LogP contribution in [-0.4, -0.2) is 26.2 Å². The number of ether oxygens (including phenoxy) is 3. The summed E-state index contributed by atoms with van der Waals surface area (Å²) in [5.41, 5.74) is 1.25. The normalized spacial score (nSPS) is 14.7. The summed E-state index contributed by atoms with van der Waals surface area (Å²) in [7, 11) is 1.51. The van der Waals surface area contributed by atoms with Crippen LogP contribution in [-0.2, 0) is 0 Å². The number of halogens is 2. The maximum absolute atomic E-state index is 13.8. The Hall–Kier alpha value is -3.68. The first kappa shape index (κ1) is 25.0. The van der Waals surface area contributed by atoms with E-state index in [1.54, 1.807) is 54.6 Å². The van der Waals surface area contributed by atoms with Crippen LogP contribution in [0, 0.1) is 0 Å². The molecule has 2 heterocycles. The number of amides is 1. The highest BCUT2D eigenvalue weighted by molar-refractivity contribution is 6.32. The lowest BCUT2D eigenvalue weighted by molar-refractivity contribution is 0.0971. The molecule has 4 aromatic rings. The number of carbonyl (C=O) groups is 1. The molecule has 1 amide bonds. The number of fused-ring (bicyclic) bond motifs is 2. The van der Waals surface area contributed by atoms with Crippen LogP contribution in [0.25, 0.3) is 11.0 Å². The highest BCUT2D eigenvalue weighted by atomic mass is 35.5. The Morgan fingerprint density at radius 3 is 2.32 bits per heavy atom. The summed E-state index contributed by atoms with van der Waals surface area (Å²) in [6.07, 6.45) is 0. The first-order valence-electron chi connectivity index (χ1n) is 11.7. The minimum atomic E-state index is -0.818. The van der Waals surface area contributed by atoms with Gasteiger partial charge in [0.2, 0.25) is 5.76 Å². The molecule has 37 heavy (non-hydrogen) atoms. The molecule has 1 aromatic heterocycles. The summed E-state index contributed by atoms with van der Waals surface area (Å²) in [5, 5.41) is 0.995. The number of rotatable bonds is 7. The zero-order valence-electron chi connectivity index (χ0n) is 20.3. The lowest BCUT2D eigenvalue weighted by atomic mass is 9.97. The summed E-state index contributed by atoms with van der Waals surface area (Å²) in [6, 6.07) is 14.3. The van der Waals surface area contributed by atoms with Gasteiger partial charge >= 0.3 is 0 Å². The zero-order valence-corrected chi connectivity index (χ0v) is 21.9. The molecule has 0 N–H and O–H groups in total. The minimum absolute atomic E-state index is 0.0383. The van der Waals surface area contributed by atoms with Crippen LogP contribution in [0.4, 0.5) is 5.69 Å². The molecule has 0 spiro atoms. The van der Waals surface area contributed by atoms with E-state index in [0.29, 0.717) is 51.8 Å². The molecule has 0 fully saturated rings. The standard InChI is InChI=1S/C28H23Cl2NO6/c1-4-35-22-9-6-15(12-23(22)36-5-2)25-24-26(32)18-13-16(29)7-10-20(18)37-27(24)28(33)31(25)17-8-11-21(34-3)19(30)14-17/h6-14,25H,4-5H2,1-3H3. The predicted octanol–water partition coefficient (Wildman–Crippen LogP) is 6.66. The van der Waals surface area contributed by atoms with Gasteiger partial charge in [0.15, 0.2) is 16.9 Å². The molecule has 5 rings (SSSR count). The number of benzene rings is 3. The molecule has 0 bridgehead atoms. The molecule has 1 aliphatic heterocycles. The monoisotopic (exact) mass is 539 g/mol. The predicted molar refractivity (Wildman–Crippen MR) is 143 cm³/mol. The second kappa shape index (κ2) is 10.00. The van der Waals surface area contributed by atoms with Crippen molar-refractivity contribution in [3.05, 3.63) is 91.8 Å². The topological polar surface area (TPSA) is 78.2 Å². The maximum atomic E-state index is 13.8. The number of methoxy groups -OCH3 is 1. The van der Waals surface area contributed by atoms with Crippen LogP contribution >= 0.6 is 23.2 Å². The fraction of sp³-hybridized carbons (Fsp3) is 0.214. The molecule has 190 valence electrons. The number of anilines is 1. The summed E-state index contributed by atoms with van der Waals surface area (Å²) in [4.78, 5) is 29.1. The quantitative estimate of drug-likeness (QED) is 0.261. The average Bonchev–Trinajstić information content (AvgIpc) is 3.18. The van der Waals surface area contributed by atoms with E-state index < -0.39 is 11.9 Å². The Labute approximate surface area is 223 Å². The fourth-order valence-electron chi connectivity index (χ4n) is 4.57. The Morgan fingerprint density at radius 2 is 1.62 bits per heavy atom. The Kier molecular flexibility index (Phi) is 6.75. The summed E-state index contributed by atoms with van der Waals surface area (Å²) >= 11 is 12.6. The van der Waals surface area contributed by atoms with Crippen molar-refractivity contribution < 1.29 is 23.4 Å². The van der Waals surface area contributed by atoms with Gasteiger partial charge in [-0.3, -0.25) is 14.5 Å². The SMILES string of the molecule is CCOc1ccc(C2c3c(oc4ccc(Cl)cc4c3=O)C(=O)N2c2ccc(OC)c(Cl)c2)cc1OCC. The van der Waals surface area contributed by atoms with Crippen LogP contribution in [0.15, 0.2) is 63.8 Å². The van der Waals surface area contributed by atoms with Gasteiger partial charge in [-0.1, -0.05) is 29.3 Å². The van der Waals surface area contributed by atoms with Gasteiger partial charge in [0, 0.05) is 10.7 Å². The average molecular weight is 540 g/mol. The van der Waals surface area contributed by atoms with Crippen molar-refractivity contribution in [2.24, 2.45) is 0 Å². The van der Waals surface area contributed by atoms with Gasteiger partial charge < -0.3 is 18.6 Å². The van der Waals surface area contributed by atoms with E-state index in [1.807, 2.05) is 13.8 Å². The first-order chi connectivity index (χ1) is 17.9. The van der Waals surface area contributed by atoms with E-state index in [4.69, 9.17) is 41.8 Å². The molecule has 0 aliphatic carbocycles. The smallest absolute Gasteiger partial charge is 0.295 e. The van der Waals surface area contributed by atoms with Gasteiger partial charge in [-0.2, -0.15) is 0 Å². The van der Waals surface area contributed by atoms with Crippen molar-refractivity contribution >= 4 is 45.8 Å². The van der Waals surface area contributed by atoms with Gasteiger partial charge in [0.05, 0.1) is 42.3 Å². The molecule has 0 radical (unpaired) electrons. The lowest BCUT2D eigenvalue weighted by Gasteiger charge is -2.26.